The van der Waals surface area contributed by atoms with Crippen LogP contribution in [0.5, 0.6) is 0 Å². The van der Waals surface area contributed by atoms with E-state index in [0.29, 0.717) is 17.1 Å². The molecule has 0 aliphatic heterocycles. The predicted molar refractivity (Wildman–Crippen MR) is 87.1 cm³/mol. The molecule has 0 unspecified atom stereocenters. The third kappa shape index (κ3) is 2.98. The number of non-ortho nitro benzene ring substituents is 1. The predicted octanol–water partition coefficient (Wildman–Crippen LogP) is 2.74. The Labute approximate surface area is 136 Å². The van der Waals surface area contributed by atoms with Gasteiger partial charge in [0, 0.05) is 17.8 Å². The Morgan fingerprint density at radius 3 is 2.62 bits per heavy atom. The second kappa shape index (κ2) is 6.29. The van der Waals surface area contributed by atoms with Gasteiger partial charge >= 0.3 is 0 Å². The number of aromatic nitrogens is 3. The molecule has 0 spiro atoms. The lowest BCUT2D eigenvalue weighted by atomic mass is 10.2. The van der Waals surface area contributed by atoms with Crippen LogP contribution in [0.2, 0.25) is 0 Å². The van der Waals surface area contributed by atoms with Gasteiger partial charge in [0.15, 0.2) is 5.69 Å². The molecule has 0 aliphatic carbocycles. The number of rotatable bonds is 4. The highest BCUT2D eigenvalue weighted by molar-refractivity contribution is 6.03. The molecule has 8 heteroatoms. The van der Waals surface area contributed by atoms with Gasteiger partial charge in [0.1, 0.15) is 0 Å². The summed E-state index contributed by atoms with van der Waals surface area (Å²) in [5.74, 6) is -0.393. The first-order valence-corrected chi connectivity index (χ1v) is 7.10. The molecule has 0 radical (unpaired) electrons. The molecule has 120 valence electrons. The lowest BCUT2D eigenvalue weighted by Gasteiger charge is -2.05. The highest BCUT2D eigenvalue weighted by Gasteiger charge is 2.18. The molecule has 2 aromatic carbocycles. The highest BCUT2D eigenvalue weighted by atomic mass is 16.6. The summed E-state index contributed by atoms with van der Waals surface area (Å²) in [6, 6.07) is 15.0. The van der Waals surface area contributed by atoms with Crippen molar-refractivity contribution in [2.45, 2.75) is 6.92 Å². The van der Waals surface area contributed by atoms with Crippen LogP contribution in [-0.2, 0) is 0 Å². The van der Waals surface area contributed by atoms with Gasteiger partial charge in [-0.3, -0.25) is 14.9 Å². The number of anilines is 1. The average molecular weight is 323 g/mol. The van der Waals surface area contributed by atoms with Crippen LogP contribution < -0.4 is 5.32 Å². The maximum absolute atomic E-state index is 12.3. The fourth-order valence-corrected chi connectivity index (χ4v) is 2.23. The van der Waals surface area contributed by atoms with E-state index >= 15 is 0 Å². The van der Waals surface area contributed by atoms with Gasteiger partial charge in [-0.25, -0.2) is 4.68 Å². The van der Waals surface area contributed by atoms with E-state index in [4.69, 9.17) is 0 Å². The number of hydrogen-bond donors (Lipinski definition) is 1. The lowest BCUT2D eigenvalue weighted by Crippen LogP contribution is -2.14. The quantitative estimate of drug-likeness (QED) is 0.587. The monoisotopic (exact) mass is 323 g/mol. The smallest absolute Gasteiger partial charge is 0.278 e. The van der Waals surface area contributed by atoms with E-state index in [2.05, 4.69) is 15.6 Å². The van der Waals surface area contributed by atoms with Crippen LogP contribution in [0, 0.1) is 17.0 Å². The van der Waals surface area contributed by atoms with Crippen molar-refractivity contribution < 1.29 is 9.72 Å². The summed E-state index contributed by atoms with van der Waals surface area (Å²) >= 11 is 0. The SMILES string of the molecule is Cc1c(C(=O)Nc2ccccc2)nnn1-c1cccc([N+](=O)[O-])c1. The Morgan fingerprint density at radius 2 is 1.92 bits per heavy atom. The molecule has 1 heterocycles. The minimum atomic E-state index is -0.487. The maximum atomic E-state index is 12.3. The molecular weight excluding hydrogens is 310 g/mol. The third-order valence-electron chi connectivity index (χ3n) is 3.43. The topological polar surface area (TPSA) is 103 Å². The third-order valence-corrected chi connectivity index (χ3v) is 3.43. The number of benzene rings is 2. The second-order valence-electron chi connectivity index (χ2n) is 5.03. The van der Waals surface area contributed by atoms with E-state index in [0.717, 1.165) is 0 Å². The molecule has 3 rings (SSSR count). The fraction of sp³-hybridized carbons (Fsp3) is 0.0625. The minimum Gasteiger partial charge on any atom is -0.321 e. The first-order chi connectivity index (χ1) is 11.6. The molecule has 0 saturated carbocycles. The first kappa shape index (κ1) is 15.3. The van der Waals surface area contributed by atoms with Gasteiger partial charge in [0.2, 0.25) is 0 Å². The average Bonchev–Trinajstić information content (AvgIpc) is 2.97. The molecule has 1 amide bonds. The van der Waals surface area contributed by atoms with Gasteiger partial charge in [-0.05, 0) is 25.1 Å². The van der Waals surface area contributed by atoms with Crippen molar-refractivity contribution in [3.05, 3.63) is 76.1 Å². The van der Waals surface area contributed by atoms with E-state index < -0.39 is 10.8 Å². The number of amides is 1. The molecule has 8 nitrogen and oxygen atoms in total. The van der Waals surface area contributed by atoms with Crippen molar-refractivity contribution in [2.75, 3.05) is 5.32 Å². The van der Waals surface area contributed by atoms with Crippen LogP contribution in [0.3, 0.4) is 0 Å². The number of nitrogens with zero attached hydrogens (tertiary/aromatic N) is 4. The normalized spacial score (nSPS) is 10.4. The number of hydrogen-bond acceptors (Lipinski definition) is 5. The molecule has 0 bridgehead atoms. The number of para-hydroxylation sites is 1. The highest BCUT2D eigenvalue weighted by Crippen LogP contribution is 2.19. The van der Waals surface area contributed by atoms with Crippen molar-refractivity contribution in [1.82, 2.24) is 15.0 Å². The van der Waals surface area contributed by atoms with E-state index in [-0.39, 0.29) is 11.4 Å². The minimum absolute atomic E-state index is 0.0577. The second-order valence-corrected chi connectivity index (χ2v) is 5.03. The molecular formula is C16H13N5O3. The van der Waals surface area contributed by atoms with Crippen LogP contribution in [0.4, 0.5) is 11.4 Å². The summed E-state index contributed by atoms with van der Waals surface area (Å²) in [5, 5.41) is 21.4. The zero-order valence-corrected chi connectivity index (χ0v) is 12.7. The van der Waals surface area contributed by atoms with Crippen LogP contribution in [0.1, 0.15) is 16.2 Å². The summed E-state index contributed by atoms with van der Waals surface area (Å²) in [6.07, 6.45) is 0. The van der Waals surface area contributed by atoms with Crippen LogP contribution >= 0.6 is 0 Å². The van der Waals surface area contributed by atoms with E-state index in [1.807, 2.05) is 18.2 Å². The Bertz CT molecular complexity index is 905. The summed E-state index contributed by atoms with van der Waals surface area (Å²) in [7, 11) is 0. The van der Waals surface area contributed by atoms with Gasteiger partial charge in [-0.1, -0.05) is 29.5 Å². The number of carbonyl (C=O) groups excluding carboxylic acids is 1. The standard InChI is InChI=1S/C16H13N5O3/c1-11-15(16(22)17-12-6-3-2-4-7-12)18-19-20(11)13-8-5-9-14(10-13)21(23)24/h2-10H,1H3,(H,17,22). The molecule has 3 aromatic rings. The molecule has 24 heavy (non-hydrogen) atoms. The van der Waals surface area contributed by atoms with Crippen molar-refractivity contribution in [3.8, 4) is 5.69 Å². The Kier molecular flexibility index (Phi) is 4.02. The van der Waals surface area contributed by atoms with Crippen molar-refractivity contribution in [3.63, 3.8) is 0 Å². The Morgan fingerprint density at radius 1 is 1.17 bits per heavy atom. The van der Waals surface area contributed by atoms with Crippen molar-refractivity contribution in [2.24, 2.45) is 0 Å². The van der Waals surface area contributed by atoms with Crippen LogP contribution in [0.25, 0.3) is 5.69 Å². The summed E-state index contributed by atoms with van der Waals surface area (Å²) in [5.41, 5.74) is 1.70. The van der Waals surface area contributed by atoms with Gasteiger partial charge in [0.05, 0.1) is 16.3 Å². The van der Waals surface area contributed by atoms with Gasteiger partial charge in [-0.15, -0.1) is 5.10 Å². The fourth-order valence-electron chi connectivity index (χ4n) is 2.23. The molecule has 1 N–H and O–H groups in total. The largest absolute Gasteiger partial charge is 0.321 e. The van der Waals surface area contributed by atoms with E-state index in [9.17, 15) is 14.9 Å². The first-order valence-electron chi connectivity index (χ1n) is 7.10. The van der Waals surface area contributed by atoms with Crippen molar-refractivity contribution in [1.29, 1.82) is 0 Å². The molecule has 0 aliphatic rings. The summed E-state index contributed by atoms with van der Waals surface area (Å²) in [6.45, 7) is 1.68. The Hall–Kier alpha value is -3.55. The van der Waals surface area contributed by atoms with Gasteiger partial charge in [-0.2, -0.15) is 0 Å². The van der Waals surface area contributed by atoms with Gasteiger partial charge in [0.25, 0.3) is 11.6 Å². The number of nitro benzene ring substituents is 1. The van der Waals surface area contributed by atoms with Crippen LogP contribution in [0.15, 0.2) is 54.6 Å². The molecule has 0 saturated heterocycles. The molecule has 0 atom stereocenters. The zero-order chi connectivity index (χ0) is 17.1. The van der Waals surface area contributed by atoms with E-state index in [1.54, 1.807) is 31.2 Å². The van der Waals surface area contributed by atoms with E-state index in [1.165, 1.54) is 16.8 Å². The van der Waals surface area contributed by atoms with Gasteiger partial charge < -0.3 is 5.32 Å². The number of carbonyl (C=O) groups is 1. The summed E-state index contributed by atoms with van der Waals surface area (Å²) < 4.78 is 1.40. The Balaban J connectivity index is 1.90. The zero-order valence-electron chi connectivity index (χ0n) is 12.7. The lowest BCUT2D eigenvalue weighted by molar-refractivity contribution is -0.384. The molecule has 0 fully saturated rings. The number of nitrogens with one attached hydrogen (secondary N) is 1. The van der Waals surface area contributed by atoms with Crippen molar-refractivity contribution >= 4 is 17.3 Å². The molecule has 1 aromatic heterocycles. The number of nitro groups is 1. The van der Waals surface area contributed by atoms with Crippen LogP contribution in [-0.4, -0.2) is 25.8 Å². The summed E-state index contributed by atoms with van der Waals surface area (Å²) in [4.78, 5) is 22.7. The maximum Gasteiger partial charge on any atom is 0.278 e.